The van der Waals surface area contributed by atoms with Crippen LogP contribution in [0.5, 0.6) is 0 Å². The number of alkyl halides is 1. The quantitative estimate of drug-likeness (QED) is 0.324. The molecule has 0 fully saturated rings. The largest absolute Gasteiger partial charge is 0.0932 e. The molecule has 2 radical (unpaired) electrons. The molecule has 0 aromatic carbocycles. The molecule has 0 N–H and O–H groups in total. The molecule has 0 aliphatic rings. The highest BCUT2D eigenvalue weighted by molar-refractivity contribution is 14.1. The Hall–Kier alpha value is 0.795. The van der Waals surface area contributed by atoms with E-state index in [1.165, 1.54) is 0 Å². The molecule has 0 bridgehead atoms. The summed E-state index contributed by atoms with van der Waals surface area (Å²) < 4.78 is 0.354. The van der Waals surface area contributed by atoms with E-state index >= 15 is 0 Å². The number of hydrogen-bond donors (Lipinski definition) is 0. The van der Waals surface area contributed by atoms with Crippen LogP contribution in [-0.2, 0) is 0 Å². The van der Waals surface area contributed by atoms with Gasteiger partial charge in [-0.3, -0.25) is 0 Å². The second-order valence-electron chi connectivity index (χ2n) is 0.924. The Kier molecular flexibility index (Phi) is 3.48. The summed E-state index contributed by atoms with van der Waals surface area (Å²) >= 11 is 2.18. The van der Waals surface area contributed by atoms with Crippen LogP contribution in [0.25, 0.3) is 0 Å². The van der Waals surface area contributed by atoms with Crippen LogP contribution in [0.2, 0.25) is 0 Å². The molecule has 2 heteroatoms. The van der Waals surface area contributed by atoms with E-state index in [0.717, 1.165) is 6.42 Å². The molecule has 0 nitrogen and oxygen atoms in total. The molecule has 0 aliphatic heterocycles. The van der Waals surface area contributed by atoms with Crippen molar-refractivity contribution in [1.82, 2.24) is 0 Å². The fraction of sp³-hybridized carbons (Fsp3) is 1.00. The van der Waals surface area contributed by atoms with Crippen LogP contribution in [0.1, 0.15) is 13.3 Å². The number of halogens is 1. The van der Waals surface area contributed by atoms with Gasteiger partial charge >= 0.3 is 0 Å². The Morgan fingerprint density at radius 3 is 2.20 bits per heavy atom. The molecule has 28 valence electrons. The van der Waals surface area contributed by atoms with Crippen molar-refractivity contribution in [2.45, 2.75) is 17.2 Å². The van der Waals surface area contributed by atoms with Crippen molar-refractivity contribution >= 4 is 30.4 Å². The summed E-state index contributed by atoms with van der Waals surface area (Å²) in [5, 5.41) is 0. The van der Waals surface area contributed by atoms with Crippen LogP contribution in [-0.4, -0.2) is 11.7 Å². The van der Waals surface area contributed by atoms with Crippen molar-refractivity contribution in [3.05, 3.63) is 0 Å². The number of rotatable bonds is 1. The maximum absolute atomic E-state index is 5.28. The van der Waals surface area contributed by atoms with E-state index in [1.54, 1.807) is 0 Å². The van der Waals surface area contributed by atoms with Crippen LogP contribution in [0, 0.1) is 0 Å². The van der Waals surface area contributed by atoms with Gasteiger partial charge in [-0.1, -0.05) is 35.9 Å². The lowest BCUT2D eigenvalue weighted by Crippen LogP contribution is -1.88. The molecule has 0 aromatic rings. The first-order valence-electron chi connectivity index (χ1n) is 1.67. The van der Waals surface area contributed by atoms with Crippen LogP contribution >= 0.6 is 22.6 Å². The summed E-state index contributed by atoms with van der Waals surface area (Å²) in [5.41, 5.74) is 0. The summed E-state index contributed by atoms with van der Waals surface area (Å²) in [6, 6.07) is 0. The van der Waals surface area contributed by atoms with E-state index in [0.29, 0.717) is 3.82 Å². The first kappa shape index (κ1) is 5.79. The average Bonchev–Trinajstić information content (AvgIpc) is 1.38. The molecule has 0 rings (SSSR count). The van der Waals surface area contributed by atoms with Gasteiger partial charge in [0.25, 0.3) is 0 Å². The van der Waals surface area contributed by atoms with Gasteiger partial charge in [-0.25, -0.2) is 0 Å². The fourth-order valence-electron chi connectivity index (χ4n) is 0. The van der Waals surface area contributed by atoms with E-state index in [9.17, 15) is 0 Å². The highest BCUT2D eigenvalue weighted by Crippen LogP contribution is 1.96. The first-order chi connectivity index (χ1) is 2.27. The molecule has 0 spiro atoms. The smallest absolute Gasteiger partial charge is 0.0842 e. The SMILES string of the molecule is [B]C(I)CC. The van der Waals surface area contributed by atoms with Gasteiger partial charge in [-0.05, 0) is 3.82 Å². The molecule has 5 heavy (non-hydrogen) atoms. The zero-order valence-electron chi connectivity index (χ0n) is 3.24. The predicted molar refractivity (Wildman–Crippen MR) is 33.9 cm³/mol. The van der Waals surface area contributed by atoms with Crippen molar-refractivity contribution in [3.8, 4) is 0 Å². The summed E-state index contributed by atoms with van der Waals surface area (Å²) in [7, 11) is 5.28. The Bertz CT molecular complexity index is 20.9. The van der Waals surface area contributed by atoms with Crippen LogP contribution in [0.4, 0.5) is 0 Å². The van der Waals surface area contributed by atoms with Gasteiger partial charge in [0.15, 0.2) is 0 Å². The minimum absolute atomic E-state index is 0.354. The van der Waals surface area contributed by atoms with Crippen molar-refractivity contribution in [2.75, 3.05) is 0 Å². The van der Waals surface area contributed by atoms with E-state index in [2.05, 4.69) is 29.5 Å². The zero-order chi connectivity index (χ0) is 4.28. The highest BCUT2D eigenvalue weighted by atomic mass is 127. The van der Waals surface area contributed by atoms with Crippen molar-refractivity contribution < 1.29 is 0 Å². The van der Waals surface area contributed by atoms with E-state index in [-0.39, 0.29) is 0 Å². The van der Waals surface area contributed by atoms with Gasteiger partial charge in [-0.2, -0.15) is 0 Å². The molecular weight excluding hydrogens is 174 g/mol. The maximum atomic E-state index is 5.28. The van der Waals surface area contributed by atoms with Crippen molar-refractivity contribution in [2.24, 2.45) is 0 Å². The van der Waals surface area contributed by atoms with E-state index in [4.69, 9.17) is 7.85 Å². The zero-order valence-corrected chi connectivity index (χ0v) is 5.40. The van der Waals surface area contributed by atoms with Gasteiger partial charge in [0.05, 0.1) is 7.85 Å². The van der Waals surface area contributed by atoms with Crippen molar-refractivity contribution in [1.29, 1.82) is 0 Å². The molecule has 0 aromatic heterocycles. The molecule has 0 amide bonds. The highest BCUT2D eigenvalue weighted by Gasteiger charge is 1.82. The third-order valence-electron chi connectivity index (χ3n) is 0.390. The molecule has 0 heterocycles. The summed E-state index contributed by atoms with van der Waals surface area (Å²) in [4.78, 5) is 0. The van der Waals surface area contributed by atoms with Gasteiger partial charge in [0.1, 0.15) is 0 Å². The molecular formula is C3H6BI. The third kappa shape index (κ3) is 4.79. The first-order valence-corrected chi connectivity index (χ1v) is 2.91. The monoisotopic (exact) mass is 180 g/mol. The summed E-state index contributed by atoms with van der Waals surface area (Å²) in [6.45, 7) is 2.07. The summed E-state index contributed by atoms with van der Waals surface area (Å²) in [5.74, 6) is 0. The third-order valence-corrected chi connectivity index (χ3v) is 1.27. The second kappa shape index (κ2) is 3.00. The minimum atomic E-state index is 0.354. The lowest BCUT2D eigenvalue weighted by molar-refractivity contribution is 1.07. The normalized spacial score (nSPS) is 14.8. The predicted octanol–water partition coefficient (Wildman–Crippen LogP) is 1.33. The lowest BCUT2D eigenvalue weighted by atomic mass is 10.0. The maximum Gasteiger partial charge on any atom is 0.0842 e. The molecule has 1 unspecified atom stereocenters. The molecule has 0 saturated carbocycles. The summed E-state index contributed by atoms with van der Waals surface area (Å²) in [6.07, 6.45) is 1.07. The van der Waals surface area contributed by atoms with Gasteiger partial charge in [0.2, 0.25) is 0 Å². The Morgan fingerprint density at radius 2 is 2.20 bits per heavy atom. The van der Waals surface area contributed by atoms with Crippen molar-refractivity contribution in [3.63, 3.8) is 0 Å². The molecule has 1 atom stereocenters. The van der Waals surface area contributed by atoms with Gasteiger partial charge in [0, 0.05) is 0 Å². The molecule has 0 saturated heterocycles. The minimum Gasteiger partial charge on any atom is -0.0932 e. The lowest BCUT2D eigenvalue weighted by Gasteiger charge is -1.88. The average molecular weight is 180 g/mol. The Morgan fingerprint density at radius 1 is 2.00 bits per heavy atom. The number of hydrogen-bond acceptors (Lipinski definition) is 0. The van der Waals surface area contributed by atoms with Gasteiger partial charge < -0.3 is 0 Å². The molecule has 0 aliphatic carbocycles. The standard InChI is InChI=1S/C3H6BI/c1-2-3(4)5/h3H,2H2,1H3. The van der Waals surface area contributed by atoms with Crippen LogP contribution in [0.3, 0.4) is 0 Å². The Labute approximate surface area is 47.9 Å². The van der Waals surface area contributed by atoms with Crippen LogP contribution in [0.15, 0.2) is 0 Å². The second-order valence-corrected chi connectivity index (χ2v) is 2.52. The Balaban J connectivity index is 2.54. The van der Waals surface area contributed by atoms with Gasteiger partial charge in [-0.15, -0.1) is 0 Å². The van der Waals surface area contributed by atoms with E-state index < -0.39 is 0 Å². The topological polar surface area (TPSA) is 0 Å². The van der Waals surface area contributed by atoms with Crippen LogP contribution < -0.4 is 0 Å². The fourth-order valence-corrected chi connectivity index (χ4v) is 0. The van der Waals surface area contributed by atoms with E-state index in [1.807, 2.05) is 0 Å².